The summed E-state index contributed by atoms with van der Waals surface area (Å²) in [6, 6.07) is 17.0. The van der Waals surface area contributed by atoms with Crippen LogP contribution in [0.25, 0.3) is 6.08 Å². The Kier molecular flexibility index (Phi) is 5.78. The van der Waals surface area contributed by atoms with Crippen LogP contribution in [0.4, 0.5) is 0 Å². The maximum atomic E-state index is 12.1. The number of carbonyl (C=O) groups is 1. The fourth-order valence-electron chi connectivity index (χ4n) is 2.20. The minimum atomic E-state index is 0.0982. The van der Waals surface area contributed by atoms with Crippen LogP contribution in [0.15, 0.2) is 60.7 Å². The van der Waals surface area contributed by atoms with E-state index < -0.39 is 0 Å². The lowest BCUT2D eigenvalue weighted by Crippen LogP contribution is -2.25. The summed E-state index contributed by atoms with van der Waals surface area (Å²) in [5.74, 6) is 0.324. The van der Waals surface area contributed by atoms with E-state index in [1.165, 1.54) is 0 Å². The molecule has 0 bridgehead atoms. The van der Waals surface area contributed by atoms with Crippen molar-refractivity contribution in [2.24, 2.45) is 0 Å². The Labute approximate surface area is 131 Å². The van der Waals surface area contributed by atoms with Crippen LogP contribution in [0.3, 0.4) is 0 Å². The highest BCUT2D eigenvalue weighted by atomic mass is 16.3. The van der Waals surface area contributed by atoms with Gasteiger partial charge in [0.25, 0.3) is 0 Å². The summed E-state index contributed by atoms with van der Waals surface area (Å²) >= 11 is 0. The Hall–Kier alpha value is -2.55. The van der Waals surface area contributed by atoms with E-state index in [2.05, 4.69) is 0 Å². The predicted molar refractivity (Wildman–Crippen MR) is 89.3 cm³/mol. The van der Waals surface area contributed by atoms with Crippen molar-refractivity contribution in [1.29, 1.82) is 0 Å². The van der Waals surface area contributed by atoms with Crippen molar-refractivity contribution in [3.63, 3.8) is 0 Å². The Morgan fingerprint density at radius 3 is 2.64 bits per heavy atom. The summed E-state index contributed by atoms with van der Waals surface area (Å²) < 4.78 is 0. The molecule has 0 aliphatic carbocycles. The first-order chi connectivity index (χ1) is 10.6. The van der Waals surface area contributed by atoms with Crippen LogP contribution in [0.5, 0.6) is 5.75 Å². The number of phenolic OH excluding ortho intramolecular Hbond substituents is 1. The molecule has 0 heterocycles. The summed E-state index contributed by atoms with van der Waals surface area (Å²) in [5, 5.41) is 9.43. The molecule has 0 radical (unpaired) electrons. The lowest BCUT2D eigenvalue weighted by molar-refractivity contribution is -0.130. The van der Waals surface area contributed by atoms with E-state index in [9.17, 15) is 9.90 Å². The molecule has 3 heteroatoms. The third-order valence-corrected chi connectivity index (χ3v) is 3.39. The van der Waals surface area contributed by atoms with Gasteiger partial charge in [-0.25, -0.2) is 0 Å². The van der Waals surface area contributed by atoms with Gasteiger partial charge in [0.15, 0.2) is 0 Å². The van der Waals surface area contributed by atoms with Crippen molar-refractivity contribution in [1.82, 2.24) is 4.90 Å². The van der Waals surface area contributed by atoms with Gasteiger partial charge in [0.1, 0.15) is 5.75 Å². The lowest BCUT2D eigenvalue weighted by Gasteiger charge is -2.17. The van der Waals surface area contributed by atoms with E-state index in [0.29, 0.717) is 13.0 Å². The predicted octanol–water partition coefficient (Wildman–Crippen LogP) is 3.84. The largest absolute Gasteiger partial charge is 0.508 e. The second kappa shape index (κ2) is 8.03. The number of nitrogens with zero attached hydrogens (tertiary/aromatic N) is 1. The van der Waals surface area contributed by atoms with Crippen LogP contribution in [0, 0.1) is 0 Å². The van der Waals surface area contributed by atoms with Crippen LogP contribution in [-0.2, 0) is 11.3 Å². The molecule has 3 nitrogen and oxygen atoms in total. The molecule has 0 spiro atoms. The molecule has 1 amide bonds. The molecule has 1 N–H and O–H groups in total. The van der Waals surface area contributed by atoms with E-state index in [-0.39, 0.29) is 11.7 Å². The summed E-state index contributed by atoms with van der Waals surface area (Å²) in [7, 11) is 1.79. The fraction of sp³-hybridized carbons (Fsp3) is 0.211. The first-order valence-corrected chi connectivity index (χ1v) is 7.38. The van der Waals surface area contributed by atoms with Crippen molar-refractivity contribution in [2.75, 3.05) is 7.05 Å². The minimum Gasteiger partial charge on any atom is -0.508 e. The molecule has 0 fully saturated rings. The number of aromatic hydroxyl groups is 1. The summed E-state index contributed by atoms with van der Waals surface area (Å²) in [6.07, 6.45) is 5.26. The molecule has 2 aromatic rings. The van der Waals surface area contributed by atoms with E-state index in [4.69, 9.17) is 0 Å². The highest BCUT2D eigenvalue weighted by Crippen LogP contribution is 2.13. The Bertz CT molecular complexity index is 635. The van der Waals surface area contributed by atoms with E-state index in [0.717, 1.165) is 17.5 Å². The first kappa shape index (κ1) is 15.8. The zero-order chi connectivity index (χ0) is 15.8. The molecular formula is C19H21NO2. The molecule has 0 aliphatic rings. The van der Waals surface area contributed by atoms with Crippen LogP contribution >= 0.6 is 0 Å². The second-order valence-corrected chi connectivity index (χ2v) is 5.27. The first-order valence-electron chi connectivity index (χ1n) is 7.38. The molecule has 114 valence electrons. The Morgan fingerprint density at radius 1 is 1.14 bits per heavy atom. The lowest BCUT2D eigenvalue weighted by atomic mass is 10.1. The molecule has 2 aromatic carbocycles. The maximum Gasteiger partial charge on any atom is 0.222 e. The van der Waals surface area contributed by atoms with Crippen LogP contribution in [0.2, 0.25) is 0 Å². The maximum absolute atomic E-state index is 12.1. The summed E-state index contributed by atoms with van der Waals surface area (Å²) in [6.45, 7) is 0.510. The molecule has 0 atom stereocenters. The van der Waals surface area contributed by atoms with Crippen LogP contribution in [0.1, 0.15) is 24.0 Å². The van der Waals surface area contributed by atoms with Crippen molar-refractivity contribution >= 4 is 12.0 Å². The highest BCUT2D eigenvalue weighted by Gasteiger charge is 2.08. The number of carbonyl (C=O) groups excluding carboxylic acids is 1. The Morgan fingerprint density at radius 2 is 1.91 bits per heavy atom. The minimum absolute atomic E-state index is 0.0982. The smallest absolute Gasteiger partial charge is 0.222 e. The summed E-state index contributed by atoms with van der Waals surface area (Å²) in [4.78, 5) is 13.8. The molecule has 22 heavy (non-hydrogen) atoms. The summed E-state index contributed by atoms with van der Waals surface area (Å²) in [5.41, 5.74) is 2.07. The van der Waals surface area contributed by atoms with Crippen LogP contribution in [-0.4, -0.2) is 23.0 Å². The van der Waals surface area contributed by atoms with Gasteiger partial charge in [0.05, 0.1) is 0 Å². The second-order valence-electron chi connectivity index (χ2n) is 5.27. The van der Waals surface area contributed by atoms with Crippen molar-refractivity contribution in [2.45, 2.75) is 19.4 Å². The number of rotatable bonds is 6. The topological polar surface area (TPSA) is 40.5 Å². The molecule has 0 unspecified atom stereocenters. The quantitative estimate of drug-likeness (QED) is 0.879. The zero-order valence-corrected chi connectivity index (χ0v) is 12.8. The molecule has 2 rings (SSSR count). The van der Waals surface area contributed by atoms with Crippen LogP contribution < -0.4 is 0 Å². The van der Waals surface area contributed by atoms with Gasteiger partial charge in [-0.2, -0.15) is 0 Å². The number of hydrogen-bond acceptors (Lipinski definition) is 2. The average molecular weight is 295 g/mol. The standard InChI is InChI=1S/C19H21NO2/c1-20(15-17-11-7-12-18(21)14-17)19(22)13-6-5-10-16-8-3-2-4-9-16/h2-5,7-12,14,21H,6,13,15H2,1H3/b10-5+. The van der Waals surface area contributed by atoms with E-state index in [1.807, 2.05) is 48.6 Å². The number of allylic oxidation sites excluding steroid dienone is 1. The van der Waals surface area contributed by atoms with Gasteiger partial charge in [-0.15, -0.1) is 0 Å². The molecular weight excluding hydrogens is 274 g/mol. The SMILES string of the molecule is CN(Cc1cccc(O)c1)C(=O)CC/C=C/c1ccccc1. The van der Waals surface area contributed by atoms with E-state index in [1.54, 1.807) is 30.1 Å². The zero-order valence-electron chi connectivity index (χ0n) is 12.8. The fourth-order valence-corrected chi connectivity index (χ4v) is 2.20. The van der Waals surface area contributed by atoms with Crippen molar-refractivity contribution < 1.29 is 9.90 Å². The average Bonchev–Trinajstić information content (AvgIpc) is 2.52. The van der Waals surface area contributed by atoms with Gasteiger partial charge in [-0.05, 0) is 29.7 Å². The van der Waals surface area contributed by atoms with Gasteiger partial charge in [-0.3, -0.25) is 4.79 Å². The van der Waals surface area contributed by atoms with Gasteiger partial charge in [-0.1, -0.05) is 54.6 Å². The van der Waals surface area contributed by atoms with Gasteiger partial charge in [0, 0.05) is 20.0 Å². The van der Waals surface area contributed by atoms with Gasteiger partial charge >= 0.3 is 0 Å². The third-order valence-electron chi connectivity index (χ3n) is 3.39. The molecule has 0 saturated carbocycles. The molecule has 0 aromatic heterocycles. The van der Waals surface area contributed by atoms with Gasteiger partial charge < -0.3 is 10.0 Å². The van der Waals surface area contributed by atoms with E-state index >= 15 is 0 Å². The monoisotopic (exact) mass is 295 g/mol. The molecule has 0 aliphatic heterocycles. The van der Waals surface area contributed by atoms with Gasteiger partial charge in [0.2, 0.25) is 5.91 Å². The van der Waals surface area contributed by atoms with Crippen molar-refractivity contribution in [3.05, 3.63) is 71.8 Å². The number of benzene rings is 2. The Balaban J connectivity index is 1.78. The normalized spacial score (nSPS) is 10.8. The number of phenols is 1. The third kappa shape index (κ3) is 5.09. The molecule has 0 saturated heterocycles. The number of amides is 1. The van der Waals surface area contributed by atoms with Crippen molar-refractivity contribution in [3.8, 4) is 5.75 Å². The highest BCUT2D eigenvalue weighted by molar-refractivity contribution is 5.76. The number of hydrogen-bond donors (Lipinski definition) is 1.